The van der Waals surface area contributed by atoms with Crippen LogP contribution in [0.25, 0.3) is 0 Å². The largest absolute Gasteiger partial charge is 0.316 e. The zero-order valence-corrected chi connectivity index (χ0v) is 12.4. The first-order valence-corrected chi connectivity index (χ1v) is 6.88. The van der Waals surface area contributed by atoms with Gasteiger partial charge < -0.3 is 5.32 Å². The zero-order valence-electron chi connectivity index (χ0n) is 10.8. The van der Waals surface area contributed by atoms with Gasteiger partial charge in [0.2, 0.25) is 0 Å². The van der Waals surface area contributed by atoms with E-state index in [1.165, 1.54) is 6.07 Å². The van der Waals surface area contributed by atoms with Gasteiger partial charge in [0.25, 0.3) is 0 Å². The molecule has 0 spiro atoms. The van der Waals surface area contributed by atoms with Crippen LogP contribution in [0.3, 0.4) is 0 Å². The quantitative estimate of drug-likeness (QED) is 0.778. The van der Waals surface area contributed by atoms with Crippen molar-refractivity contribution in [2.75, 3.05) is 13.1 Å². The van der Waals surface area contributed by atoms with Gasteiger partial charge in [-0.15, -0.1) is 0 Å². The second-order valence-electron chi connectivity index (χ2n) is 5.25. The summed E-state index contributed by atoms with van der Waals surface area (Å²) in [4.78, 5) is 0. The highest BCUT2D eigenvalue weighted by Gasteiger charge is 2.19. The average molecular weight is 302 g/mol. The number of hydrogen-bond acceptors (Lipinski definition) is 1. The van der Waals surface area contributed by atoms with E-state index in [-0.39, 0.29) is 11.2 Å². The van der Waals surface area contributed by atoms with E-state index in [9.17, 15) is 4.39 Å². The predicted molar refractivity (Wildman–Crippen MR) is 74.7 cm³/mol. The summed E-state index contributed by atoms with van der Waals surface area (Å²) in [6.07, 6.45) is 1.88. The molecule has 96 valence electrons. The summed E-state index contributed by atoms with van der Waals surface area (Å²) in [7, 11) is 0. The summed E-state index contributed by atoms with van der Waals surface area (Å²) in [6, 6.07) is 5.29. The Balaban J connectivity index is 2.62. The summed E-state index contributed by atoms with van der Waals surface area (Å²) in [5.41, 5.74) is 0.862. The molecule has 0 aliphatic rings. The Kier molecular flexibility index (Phi) is 5.60. The van der Waals surface area contributed by atoms with Gasteiger partial charge in [-0.2, -0.15) is 0 Å². The minimum Gasteiger partial charge on any atom is -0.316 e. The van der Waals surface area contributed by atoms with Crippen molar-refractivity contribution in [3.05, 3.63) is 34.1 Å². The van der Waals surface area contributed by atoms with Crippen LogP contribution in [-0.2, 0) is 6.42 Å². The van der Waals surface area contributed by atoms with Gasteiger partial charge in [0.05, 0.1) is 0 Å². The highest BCUT2D eigenvalue weighted by atomic mass is 79.9. The summed E-state index contributed by atoms with van der Waals surface area (Å²) >= 11 is 3.27. The molecule has 0 unspecified atom stereocenters. The van der Waals surface area contributed by atoms with Crippen molar-refractivity contribution in [3.8, 4) is 0 Å². The molecular formula is C14H21BrFN. The molecule has 17 heavy (non-hydrogen) atoms. The molecular weight excluding hydrogens is 281 g/mol. The van der Waals surface area contributed by atoms with E-state index in [2.05, 4.69) is 42.0 Å². The van der Waals surface area contributed by atoms with Gasteiger partial charge in [0, 0.05) is 11.0 Å². The normalized spacial score (nSPS) is 11.8. The van der Waals surface area contributed by atoms with E-state index < -0.39 is 0 Å². The molecule has 0 saturated heterocycles. The van der Waals surface area contributed by atoms with E-state index in [1.807, 2.05) is 12.1 Å². The van der Waals surface area contributed by atoms with Crippen LogP contribution >= 0.6 is 15.9 Å². The average Bonchev–Trinajstić information content (AvgIpc) is 2.22. The summed E-state index contributed by atoms with van der Waals surface area (Å²) in [5, 5.41) is 3.39. The number of rotatable bonds is 6. The molecule has 0 amide bonds. The molecule has 1 nitrogen and oxygen atoms in total. The fraction of sp³-hybridized carbons (Fsp3) is 0.571. The number of halogens is 2. The van der Waals surface area contributed by atoms with Crippen LogP contribution in [0.4, 0.5) is 4.39 Å². The monoisotopic (exact) mass is 301 g/mol. The van der Waals surface area contributed by atoms with Gasteiger partial charge in [-0.3, -0.25) is 0 Å². The first-order valence-electron chi connectivity index (χ1n) is 6.09. The van der Waals surface area contributed by atoms with E-state index in [4.69, 9.17) is 0 Å². The molecule has 1 rings (SSSR count). The molecule has 0 aromatic heterocycles. The Morgan fingerprint density at radius 3 is 2.65 bits per heavy atom. The van der Waals surface area contributed by atoms with Crippen molar-refractivity contribution in [2.45, 2.75) is 33.6 Å². The summed E-state index contributed by atoms with van der Waals surface area (Å²) in [6.45, 7) is 8.41. The maximum Gasteiger partial charge on any atom is 0.127 e. The first kappa shape index (κ1) is 14.7. The molecule has 0 aliphatic heterocycles. The molecule has 1 aromatic carbocycles. The Labute approximate surface area is 112 Å². The fourth-order valence-electron chi connectivity index (χ4n) is 1.85. The van der Waals surface area contributed by atoms with Gasteiger partial charge in [0.15, 0.2) is 0 Å². The van der Waals surface area contributed by atoms with Crippen molar-refractivity contribution >= 4 is 15.9 Å². The van der Waals surface area contributed by atoms with Crippen molar-refractivity contribution in [1.29, 1.82) is 0 Å². The second kappa shape index (κ2) is 6.50. The lowest BCUT2D eigenvalue weighted by Crippen LogP contribution is -2.31. The Morgan fingerprint density at radius 1 is 1.35 bits per heavy atom. The maximum absolute atomic E-state index is 13.7. The van der Waals surface area contributed by atoms with Crippen LogP contribution in [-0.4, -0.2) is 13.1 Å². The van der Waals surface area contributed by atoms with E-state index in [0.29, 0.717) is 0 Å². The smallest absolute Gasteiger partial charge is 0.127 e. The van der Waals surface area contributed by atoms with E-state index in [1.54, 1.807) is 0 Å². The maximum atomic E-state index is 13.7. The topological polar surface area (TPSA) is 12.0 Å². The summed E-state index contributed by atoms with van der Waals surface area (Å²) < 4.78 is 14.5. The lowest BCUT2D eigenvalue weighted by Gasteiger charge is -2.25. The molecule has 0 radical (unpaired) electrons. The van der Waals surface area contributed by atoms with Gasteiger partial charge >= 0.3 is 0 Å². The first-order chi connectivity index (χ1) is 7.94. The fourth-order valence-corrected chi connectivity index (χ4v) is 2.18. The van der Waals surface area contributed by atoms with Crippen molar-refractivity contribution in [3.63, 3.8) is 0 Å². The van der Waals surface area contributed by atoms with E-state index >= 15 is 0 Å². The van der Waals surface area contributed by atoms with E-state index in [0.717, 1.165) is 36.0 Å². The predicted octanol–water partition coefficient (Wildman–Crippen LogP) is 4.16. The van der Waals surface area contributed by atoms with Crippen molar-refractivity contribution in [2.24, 2.45) is 5.41 Å². The minimum atomic E-state index is -0.122. The lowest BCUT2D eigenvalue weighted by molar-refractivity contribution is 0.334. The molecule has 1 N–H and O–H groups in total. The van der Waals surface area contributed by atoms with Crippen molar-refractivity contribution < 1.29 is 4.39 Å². The van der Waals surface area contributed by atoms with Crippen LogP contribution < -0.4 is 5.32 Å². The van der Waals surface area contributed by atoms with Crippen LogP contribution in [0.5, 0.6) is 0 Å². The molecule has 0 bridgehead atoms. The van der Waals surface area contributed by atoms with Gasteiger partial charge in [0.1, 0.15) is 5.82 Å². The van der Waals surface area contributed by atoms with Crippen LogP contribution in [0.1, 0.15) is 32.8 Å². The third-order valence-corrected chi connectivity index (χ3v) is 3.21. The molecule has 0 heterocycles. The van der Waals surface area contributed by atoms with Crippen LogP contribution in [0.15, 0.2) is 22.7 Å². The third-order valence-electron chi connectivity index (χ3n) is 2.71. The summed E-state index contributed by atoms with van der Waals surface area (Å²) in [5.74, 6) is -0.122. The van der Waals surface area contributed by atoms with Gasteiger partial charge in [-0.1, -0.05) is 42.8 Å². The highest BCUT2D eigenvalue weighted by molar-refractivity contribution is 9.10. The van der Waals surface area contributed by atoms with Crippen molar-refractivity contribution in [1.82, 2.24) is 5.32 Å². The molecule has 3 heteroatoms. The number of benzene rings is 1. The van der Waals surface area contributed by atoms with Gasteiger partial charge in [-0.05, 0) is 42.5 Å². The third kappa shape index (κ3) is 5.17. The van der Waals surface area contributed by atoms with Crippen LogP contribution in [0, 0.1) is 11.2 Å². The molecule has 1 aromatic rings. The van der Waals surface area contributed by atoms with Crippen LogP contribution in [0.2, 0.25) is 0 Å². The highest BCUT2D eigenvalue weighted by Crippen LogP contribution is 2.24. The minimum absolute atomic E-state index is 0.0733. The lowest BCUT2D eigenvalue weighted by atomic mass is 9.85. The molecule has 0 fully saturated rings. The molecule has 0 aliphatic carbocycles. The zero-order chi connectivity index (χ0) is 12.9. The standard InChI is InChI=1S/C14H21BrFN/c1-4-7-17-10-14(2,3)9-11-5-6-12(15)8-13(11)16/h5-6,8,17H,4,7,9-10H2,1-3H3. The Hall–Kier alpha value is -0.410. The SMILES string of the molecule is CCCNCC(C)(C)Cc1ccc(Br)cc1F. The Bertz CT molecular complexity index is 363. The molecule has 0 atom stereocenters. The van der Waals surface area contributed by atoms with Gasteiger partial charge in [-0.25, -0.2) is 4.39 Å². The Morgan fingerprint density at radius 2 is 2.06 bits per heavy atom. The number of hydrogen-bond donors (Lipinski definition) is 1. The number of nitrogens with one attached hydrogen (secondary N) is 1. The molecule has 0 saturated carbocycles. The second-order valence-corrected chi connectivity index (χ2v) is 6.17.